The summed E-state index contributed by atoms with van der Waals surface area (Å²) in [6, 6.07) is 0.731. The molecule has 1 unspecified atom stereocenters. The van der Waals surface area contributed by atoms with Gasteiger partial charge < -0.3 is 0 Å². The third-order valence-electron chi connectivity index (χ3n) is 3.31. The molecular weight excluding hydrogens is 167 g/mol. The quantitative estimate of drug-likeness (QED) is 0.652. The highest BCUT2D eigenvalue weighted by Gasteiger charge is 2.28. The Morgan fingerprint density at radius 3 is 2.62 bits per heavy atom. The number of hydrogen-bond donors (Lipinski definition) is 0. The van der Waals surface area contributed by atoms with Crippen LogP contribution in [0.4, 0.5) is 4.39 Å². The van der Waals surface area contributed by atoms with Crippen molar-refractivity contribution in [3.63, 3.8) is 0 Å². The van der Waals surface area contributed by atoms with Crippen LogP contribution >= 0.6 is 0 Å². The van der Waals surface area contributed by atoms with E-state index < -0.39 is 0 Å². The highest BCUT2D eigenvalue weighted by atomic mass is 19.1. The smallest absolute Gasteiger partial charge is 0.102 e. The maximum Gasteiger partial charge on any atom is 0.102 e. The molecule has 0 N–H and O–H groups in total. The molecule has 0 spiro atoms. The van der Waals surface area contributed by atoms with Gasteiger partial charge in [-0.1, -0.05) is 0 Å². The lowest BCUT2D eigenvalue weighted by molar-refractivity contribution is 0.225. The molecule has 3 heteroatoms. The first-order valence-corrected chi connectivity index (χ1v) is 5.42. The minimum atomic E-state index is -0.188. The van der Waals surface area contributed by atoms with Gasteiger partial charge in [0.1, 0.15) is 6.67 Å². The first-order valence-electron chi connectivity index (χ1n) is 5.42. The topological polar surface area (TPSA) is 6.48 Å². The second kappa shape index (κ2) is 4.38. The summed E-state index contributed by atoms with van der Waals surface area (Å²) in [7, 11) is 0. The largest absolute Gasteiger partial charge is 0.299 e. The number of rotatable bonds is 3. The highest BCUT2D eigenvalue weighted by Crippen LogP contribution is 2.19. The summed E-state index contributed by atoms with van der Waals surface area (Å²) >= 11 is 0. The molecule has 2 saturated heterocycles. The van der Waals surface area contributed by atoms with Crippen molar-refractivity contribution in [3.8, 4) is 0 Å². The van der Waals surface area contributed by atoms with E-state index in [-0.39, 0.29) is 6.67 Å². The van der Waals surface area contributed by atoms with Gasteiger partial charge in [-0.3, -0.25) is 9.80 Å². The molecular formula is C10H19FN2. The van der Waals surface area contributed by atoms with Crippen molar-refractivity contribution in [2.24, 2.45) is 0 Å². The first kappa shape index (κ1) is 9.41. The molecule has 2 fully saturated rings. The summed E-state index contributed by atoms with van der Waals surface area (Å²) in [5.74, 6) is 0. The lowest BCUT2D eigenvalue weighted by Gasteiger charge is -2.23. The average molecular weight is 186 g/mol. The van der Waals surface area contributed by atoms with Crippen LogP contribution in [0.2, 0.25) is 0 Å². The second-order valence-electron chi connectivity index (χ2n) is 4.18. The van der Waals surface area contributed by atoms with Crippen LogP contribution in [-0.4, -0.2) is 55.2 Å². The molecule has 2 heterocycles. The summed E-state index contributed by atoms with van der Waals surface area (Å²) in [6.07, 6.45) is 3.97. The van der Waals surface area contributed by atoms with E-state index in [0.29, 0.717) is 6.54 Å². The van der Waals surface area contributed by atoms with E-state index in [1.54, 1.807) is 0 Å². The fourth-order valence-corrected chi connectivity index (χ4v) is 2.54. The molecule has 0 amide bonds. The number of halogens is 1. The van der Waals surface area contributed by atoms with E-state index in [0.717, 1.165) is 19.1 Å². The van der Waals surface area contributed by atoms with Gasteiger partial charge in [0.15, 0.2) is 0 Å². The average Bonchev–Trinajstić information content (AvgIpc) is 2.70. The summed E-state index contributed by atoms with van der Waals surface area (Å²) in [5, 5.41) is 0. The Bertz CT molecular complexity index is 157. The molecule has 1 atom stereocenters. The Morgan fingerprint density at radius 2 is 1.92 bits per heavy atom. The Hall–Kier alpha value is -0.150. The van der Waals surface area contributed by atoms with Gasteiger partial charge in [0.05, 0.1) is 0 Å². The van der Waals surface area contributed by atoms with Crippen molar-refractivity contribution >= 4 is 0 Å². The molecule has 13 heavy (non-hydrogen) atoms. The van der Waals surface area contributed by atoms with Crippen LogP contribution < -0.4 is 0 Å². The summed E-state index contributed by atoms with van der Waals surface area (Å²) in [5.41, 5.74) is 0. The fraction of sp³-hybridized carbons (Fsp3) is 1.00. The number of alkyl halides is 1. The van der Waals surface area contributed by atoms with Crippen LogP contribution in [0.15, 0.2) is 0 Å². The minimum Gasteiger partial charge on any atom is -0.299 e. The molecule has 76 valence electrons. The summed E-state index contributed by atoms with van der Waals surface area (Å²) in [6.45, 7) is 5.20. The lowest BCUT2D eigenvalue weighted by atomic mass is 10.2. The normalized spacial score (nSPS) is 31.6. The Balaban J connectivity index is 1.76. The lowest BCUT2D eigenvalue weighted by Crippen LogP contribution is -2.35. The predicted octanol–water partition coefficient (Wildman–Crippen LogP) is 1.13. The number of likely N-dealkylation sites (tertiary alicyclic amines) is 2. The van der Waals surface area contributed by atoms with Crippen LogP contribution in [0.3, 0.4) is 0 Å². The molecule has 0 bridgehead atoms. The van der Waals surface area contributed by atoms with Gasteiger partial charge in [-0.15, -0.1) is 0 Å². The maximum absolute atomic E-state index is 12.1. The van der Waals surface area contributed by atoms with Crippen LogP contribution in [0.1, 0.15) is 19.3 Å². The zero-order valence-electron chi connectivity index (χ0n) is 8.21. The van der Waals surface area contributed by atoms with E-state index in [2.05, 4.69) is 9.80 Å². The highest BCUT2D eigenvalue weighted by molar-refractivity contribution is 4.85. The number of hydrogen-bond acceptors (Lipinski definition) is 2. The third-order valence-corrected chi connectivity index (χ3v) is 3.31. The Morgan fingerprint density at radius 1 is 1.15 bits per heavy atom. The van der Waals surface area contributed by atoms with Gasteiger partial charge in [0.2, 0.25) is 0 Å². The van der Waals surface area contributed by atoms with Crippen LogP contribution in [0.25, 0.3) is 0 Å². The molecule has 0 aromatic carbocycles. The molecule has 0 saturated carbocycles. The molecule has 0 aromatic rings. The van der Waals surface area contributed by atoms with Crippen LogP contribution in [0, 0.1) is 0 Å². The Kier molecular flexibility index (Phi) is 3.17. The summed E-state index contributed by atoms with van der Waals surface area (Å²) < 4.78 is 12.1. The molecule has 0 radical (unpaired) electrons. The van der Waals surface area contributed by atoms with E-state index in [4.69, 9.17) is 0 Å². The van der Waals surface area contributed by atoms with Crippen molar-refractivity contribution in [2.45, 2.75) is 25.3 Å². The van der Waals surface area contributed by atoms with Gasteiger partial charge in [-0.05, 0) is 38.9 Å². The molecule has 2 aliphatic heterocycles. The van der Waals surface area contributed by atoms with E-state index in [1.807, 2.05) is 0 Å². The van der Waals surface area contributed by atoms with Gasteiger partial charge >= 0.3 is 0 Å². The van der Waals surface area contributed by atoms with E-state index in [9.17, 15) is 4.39 Å². The maximum atomic E-state index is 12.1. The fourth-order valence-electron chi connectivity index (χ4n) is 2.54. The van der Waals surface area contributed by atoms with E-state index >= 15 is 0 Å². The Labute approximate surface area is 79.7 Å². The summed E-state index contributed by atoms with van der Waals surface area (Å²) in [4.78, 5) is 4.83. The van der Waals surface area contributed by atoms with Crippen molar-refractivity contribution in [1.29, 1.82) is 0 Å². The molecule has 2 aliphatic rings. The number of nitrogens with zero attached hydrogens (tertiary/aromatic N) is 2. The second-order valence-corrected chi connectivity index (χ2v) is 4.18. The first-order chi connectivity index (χ1) is 6.40. The van der Waals surface area contributed by atoms with Gasteiger partial charge in [0, 0.05) is 19.1 Å². The zero-order chi connectivity index (χ0) is 9.10. The van der Waals surface area contributed by atoms with Crippen molar-refractivity contribution in [1.82, 2.24) is 9.80 Å². The van der Waals surface area contributed by atoms with E-state index in [1.165, 1.54) is 32.4 Å². The van der Waals surface area contributed by atoms with Crippen molar-refractivity contribution in [2.75, 3.05) is 39.4 Å². The standard InChI is InChI=1S/C10H19FN2/c11-4-8-12-7-3-10(9-12)13-5-1-2-6-13/h10H,1-9H2. The van der Waals surface area contributed by atoms with Crippen molar-refractivity contribution in [3.05, 3.63) is 0 Å². The molecule has 0 aliphatic carbocycles. The van der Waals surface area contributed by atoms with Crippen molar-refractivity contribution < 1.29 is 4.39 Å². The molecule has 2 nitrogen and oxygen atoms in total. The van der Waals surface area contributed by atoms with Gasteiger partial charge in [-0.2, -0.15) is 0 Å². The van der Waals surface area contributed by atoms with Gasteiger partial charge in [0.25, 0.3) is 0 Å². The van der Waals surface area contributed by atoms with Gasteiger partial charge in [-0.25, -0.2) is 4.39 Å². The third kappa shape index (κ3) is 2.20. The predicted molar refractivity (Wildman–Crippen MR) is 51.6 cm³/mol. The molecule has 0 aromatic heterocycles. The van der Waals surface area contributed by atoms with Crippen LogP contribution in [-0.2, 0) is 0 Å². The monoisotopic (exact) mass is 186 g/mol. The minimum absolute atomic E-state index is 0.188. The SMILES string of the molecule is FCCN1CCC(N2CCCC2)C1. The molecule has 2 rings (SSSR count). The van der Waals surface area contributed by atoms with Crippen LogP contribution in [0.5, 0.6) is 0 Å². The zero-order valence-corrected chi connectivity index (χ0v) is 8.21.